The van der Waals surface area contributed by atoms with Crippen molar-refractivity contribution in [2.75, 3.05) is 32.9 Å². The topological polar surface area (TPSA) is 41.5 Å². The average molecular weight is 199 g/mol. The highest BCUT2D eigenvalue weighted by atomic mass is 16.5. The molecule has 82 valence electrons. The standard InChI is InChI=1S/C11H21NO2/c13-7-11(8-14-9-11)6-12-5-10-3-1-2-4-10/h10,12-13H,1-9H2. The Balaban J connectivity index is 1.61. The molecule has 1 saturated heterocycles. The van der Waals surface area contributed by atoms with E-state index in [9.17, 15) is 5.11 Å². The Labute approximate surface area is 85.8 Å². The van der Waals surface area contributed by atoms with E-state index in [0.29, 0.717) is 0 Å². The predicted molar refractivity (Wildman–Crippen MR) is 55.2 cm³/mol. The summed E-state index contributed by atoms with van der Waals surface area (Å²) < 4.78 is 5.15. The van der Waals surface area contributed by atoms with Crippen LogP contribution in [0.3, 0.4) is 0 Å². The number of aliphatic hydroxyl groups excluding tert-OH is 1. The van der Waals surface area contributed by atoms with Crippen molar-refractivity contribution >= 4 is 0 Å². The first-order chi connectivity index (χ1) is 6.85. The van der Waals surface area contributed by atoms with Crippen molar-refractivity contribution in [3.8, 4) is 0 Å². The summed E-state index contributed by atoms with van der Waals surface area (Å²) in [6.45, 7) is 3.74. The second kappa shape index (κ2) is 4.60. The predicted octanol–water partition coefficient (Wildman–Crippen LogP) is 0.775. The van der Waals surface area contributed by atoms with Crippen LogP contribution in [-0.2, 0) is 4.74 Å². The minimum Gasteiger partial charge on any atom is -0.396 e. The van der Waals surface area contributed by atoms with Crippen LogP contribution in [0.5, 0.6) is 0 Å². The normalized spacial score (nSPS) is 26.4. The van der Waals surface area contributed by atoms with Crippen molar-refractivity contribution in [1.29, 1.82) is 0 Å². The third-order valence-electron chi connectivity index (χ3n) is 3.56. The van der Waals surface area contributed by atoms with Crippen molar-refractivity contribution in [2.45, 2.75) is 25.7 Å². The molecule has 0 atom stereocenters. The second-order valence-corrected chi connectivity index (χ2v) is 4.93. The van der Waals surface area contributed by atoms with Crippen molar-refractivity contribution < 1.29 is 9.84 Å². The number of rotatable bonds is 5. The minimum atomic E-state index is 0.0403. The summed E-state index contributed by atoms with van der Waals surface area (Å²) in [5, 5.41) is 12.7. The van der Waals surface area contributed by atoms with Crippen LogP contribution in [0.1, 0.15) is 25.7 Å². The summed E-state index contributed by atoms with van der Waals surface area (Å²) in [6.07, 6.45) is 5.58. The van der Waals surface area contributed by atoms with Gasteiger partial charge in [0, 0.05) is 6.54 Å². The zero-order valence-corrected chi connectivity index (χ0v) is 8.80. The molecule has 0 amide bonds. The van der Waals surface area contributed by atoms with Gasteiger partial charge in [-0.1, -0.05) is 12.8 Å². The Morgan fingerprint density at radius 1 is 1.29 bits per heavy atom. The van der Waals surface area contributed by atoms with E-state index in [1.54, 1.807) is 0 Å². The maximum atomic E-state index is 9.21. The number of aliphatic hydroxyl groups is 1. The Kier molecular flexibility index (Phi) is 3.42. The summed E-state index contributed by atoms with van der Waals surface area (Å²) in [5.41, 5.74) is 0.0403. The fourth-order valence-electron chi connectivity index (χ4n) is 2.40. The van der Waals surface area contributed by atoms with Gasteiger partial charge < -0.3 is 15.2 Å². The van der Waals surface area contributed by atoms with E-state index in [2.05, 4.69) is 5.32 Å². The molecule has 0 aromatic rings. The van der Waals surface area contributed by atoms with Gasteiger partial charge in [-0.05, 0) is 25.3 Å². The van der Waals surface area contributed by atoms with E-state index in [-0.39, 0.29) is 12.0 Å². The fraction of sp³-hybridized carbons (Fsp3) is 1.00. The number of hydrogen-bond donors (Lipinski definition) is 2. The molecule has 0 bridgehead atoms. The molecule has 14 heavy (non-hydrogen) atoms. The maximum Gasteiger partial charge on any atom is 0.0579 e. The largest absolute Gasteiger partial charge is 0.396 e. The maximum absolute atomic E-state index is 9.21. The molecule has 3 heteroatoms. The molecule has 1 aliphatic carbocycles. The Bertz CT molecular complexity index is 169. The first-order valence-corrected chi connectivity index (χ1v) is 5.74. The van der Waals surface area contributed by atoms with Gasteiger partial charge in [0.25, 0.3) is 0 Å². The zero-order chi connectivity index (χ0) is 9.86. The first kappa shape index (κ1) is 10.4. The molecule has 3 nitrogen and oxygen atoms in total. The molecule has 2 N–H and O–H groups in total. The molecule has 1 heterocycles. The van der Waals surface area contributed by atoms with Gasteiger partial charge in [0.05, 0.1) is 25.2 Å². The van der Waals surface area contributed by atoms with Gasteiger partial charge in [-0.15, -0.1) is 0 Å². The SMILES string of the molecule is OCC1(CNCC2CCCC2)COC1. The molecule has 1 aliphatic heterocycles. The Morgan fingerprint density at radius 3 is 2.50 bits per heavy atom. The lowest BCUT2D eigenvalue weighted by molar-refractivity contribution is -0.134. The van der Waals surface area contributed by atoms with Crippen molar-refractivity contribution in [1.82, 2.24) is 5.32 Å². The van der Waals surface area contributed by atoms with E-state index in [4.69, 9.17) is 4.74 Å². The summed E-state index contributed by atoms with van der Waals surface area (Å²) in [4.78, 5) is 0. The number of hydrogen-bond acceptors (Lipinski definition) is 3. The van der Waals surface area contributed by atoms with Gasteiger partial charge in [0.15, 0.2) is 0 Å². The molecule has 0 aromatic heterocycles. The Morgan fingerprint density at radius 2 is 2.00 bits per heavy atom. The molecule has 1 saturated carbocycles. The fourth-order valence-corrected chi connectivity index (χ4v) is 2.40. The summed E-state index contributed by atoms with van der Waals surface area (Å²) in [6, 6.07) is 0. The summed E-state index contributed by atoms with van der Waals surface area (Å²) >= 11 is 0. The van der Waals surface area contributed by atoms with Gasteiger partial charge in [-0.3, -0.25) is 0 Å². The molecule has 2 rings (SSSR count). The summed E-state index contributed by atoms with van der Waals surface area (Å²) in [5.74, 6) is 0.881. The molecule has 0 unspecified atom stereocenters. The number of ether oxygens (including phenoxy) is 1. The average Bonchev–Trinajstić information content (AvgIpc) is 2.62. The molecule has 0 aromatic carbocycles. The van der Waals surface area contributed by atoms with Crippen LogP contribution in [0.2, 0.25) is 0 Å². The highest BCUT2D eigenvalue weighted by Crippen LogP contribution is 2.27. The monoisotopic (exact) mass is 199 g/mol. The van der Waals surface area contributed by atoms with Crippen molar-refractivity contribution in [3.63, 3.8) is 0 Å². The zero-order valence-electron chi connectivity index (χ0n) is 8.80. The smallest absolute Gasteiger partial charge is 0.0579 e. The van der Waals surface area contributed by atoms with Gasteiger partial charge in [0.2, 0.25) is 0 Å². The lowest BCUT2D eigenvalue weighted by Crippen LogP contribution is -2.52. The van der Waals surface area contributed by atoms with Crippen LogP contribution in [0.25, 0.3) is 0 Å². The van der Waals surface area contributed by atoms with Crippen LogP contribution in [0.4, 0.5) is 0 Å². The summed E-state index contributed by atoms with van der Waals surface area (Å²) in [7, 11) is 0. The van der Waals surface area contributed by atoms with Crippen molar-refractivity contribution in [2.24, 2.45) is 11.3 Å². The van der Waals surface area contributed by atoms with E-state index in [1.165, 1.54) is 25.7 Å². The minimum absolute atomic E-state index is 0.0403. The van der Waals surface area contributed by atoms with Crippen LogP contribution >= 0.6 is 0 Å². The van der Waals surface area contributed by atoms with Gasteiger partial charge in [-0.25, -0.2) is 0 Å². The highest BCUT2D eigenvalue weighted by molar-refractivity contribution is 4.87. The van der Waals surface area contributed by atoms with E-state index < -0.39 is 0 Å². The first-order valence-electron chi connectivity index (χ1n) is 5.74. The van der Waals surface area contributed by atoms with Gasteiger partial charge in [-0.2, -0.15) is 0 Å². The highest BCUT2D eigenvalue weighted by Gasteiger charge is 2.37. The van der Waals surface area contributed by atoms with E-state index in [1.807, 2.05) is 0 Å². The van der Waals surface area contributed by atoms with Crippen molar-refractivity contribution in [3.05, 3.63) is 0 Å². The quantitative estimate of drug-likeness (QED) is 0.687. The molecule has 2 fully saturated rings. The van der Waals surface area contributed by atoms with Crippen LogP contribution in [-0.4, -0.2) is 38.0 Å². The van der Waals surface area contributed by atoms with Crippen LogP contribution in [0, 0.1) is 11.3 Å². The molecular weight excluding hydrogens is 178 g/mol. The third kappa shape index (κ3) is 2.27. The van der Waals surface area contributed by atoms with E-state index in [0.717, 1.165) is 32.2 Å². The third-order valence-corrected chi connectivity index (χ3v) is 3.56. The second-order valence-electron chi connectivity index (χ2n) is 4.93. The van der Waals surface area contributed by atoms with Gasteiger partial charge in [0.1, 0.15) is 0 Å². The number of nitrogens with one attached hydrogen (secondary N) is 1. The van der Waals surface area contributed by atoms with Gasteiger partial charge >= 0.3 is 0 Å². The molecule has 2 aliphatic rings. The lowest BCUT2D eigenvalue weighted by Gasteiger charge is -2.40. The van der Waals surface area contributed by atoms with E-state index >= 15 is 0 Å². The van der Waals surface area contributed by atoms with Crippen LogP contribution in [0.15, 0.2) is 0 Å². The molecule has 0 radical (unpaired) electrons. The molecular formula is C11H21NO2. The molecule has 0 spiro atoms. The van der Waals surface area contributed by atoms with Crippen LogP contribution < -0.4 is 5.32 Å². The Hall–Kier alpha value is -0.120. The lowest BCUT2D eigenvalue weighted by atomic mass is 9.87.